The number of benzene rings is 1. The zero-order chi connectivity index (χ0) is 41.1. The number of unbranched alkanes of at least 4 members (excludes halogenated alkanes) is 3. The molecule has 0 spiro atoms. The first-order chi connectivity index (χ1) is 25.6. The van der Waals surface area contributed by atoms with Gasteiger partial charge in [-0.05, 0) is 125 Å². The SMILES string of the molecule is C=C/C=C(C=C)/C(C)=C/C=C(\C=C)[C@@H](CCC)C(C)(C)C(=C)c1cc(C)c2nc3c(cc2c1)C[C@](C)(C(C)C)CC3.CC.CCCCCC(C)CCCC. The summed E-state index contributed by atoms with van der Waals surface area (Å²) in [7, 11) is 0. The summed E-state index contributed by atoms with van der Waals surface area (Å²) >= 11 is 0. The topological polar surface area (TPSA) is 12.9 Å². The average molecular weight is 734 g/mol. The van der Waals surface area contributed by atoms with Crippen LogP contribution in [0, 0.1) is 35.5 Å². The van der Waals surface area contributed by atoms with Crippen molar-refractivity contribution in [3.05, 3.63) is 120 Å². The molecule has 1 heterocycles. The average Bonchev–Trinajstić information content (AvgIpc) is 3.15. The molecule has 0 radical (unpaired) electrons. The van der Waals surface area contributed by atoms with E-state index in [2.05, 4.69) is 126 Å². The van der Waals surface area contributed by atoms with E-state index in [4.69, 9.17) is 11.6 Å². The van der Waals surface area contributed by atoms with E-state index in [-0.39, 0.29) is 11.3 Å². The Morgan fingerprint density at radius 2 is 1.52 bits per heavy atom. The van der Waals surface area contributed by atoms with Crippen molar-refractivity contribution in [1.29, 1.82) is 0 Å². The van der Waals surface area contributed by atoms with Crippen molar-refractivity contribution in [1.82, 2.24) is 4.98 Å². The number of hydrogen-bond donors (Lipinski definition) is 0. The molecule has 0 saturated heterocycles. The highest BCUT2D eigenvalue weighted by atomic mass is 14.7. The first-order valence-electron chi connectivity index (χ1n) is 21.7. The van der Waals surface area contributed by atoms with Crippen LogP contribution in [0.3, 0.4) is 0 Å². The van der Waals surface area contributed by atoms with E-state index in [9.17, 15) is 0 Å². The zero-order valence-electron chi connectivity index (χ0n) is 37.7. The molecule has 0 fully saturated rings. The fourth-order valence-electron chi connectivity index (χ4n) is 7.90. The van der Waals surface area contributed by atoms with Crippen LogP contribution in [0.15, 0.2) is 97.7 Å². The quantitative estimate of drug-likeness (QED) is 0.103. The Morgan fingerprint density at radius 1 is 0.870 bits per heavy atom. The second kappa shape index (κ2) is 24.3. The van der Waals surface area contributed by atoms with Crippen molar-refractivity contribution in [3.8, 4) is 0 Å². The van der Waals surface area contributed by atoms with Gasteiger partial charge in [-0.3, -0.25) is 4.98 Å². The Hall–Kier alpha value is -3.19. The van der Waals surface area contributed by atoms with Gasteiger partial charge in [0.15, 0.2) is 0 Å². The Kier molecular flexibility index (Phi) is 22.0. The summed E-state index contributed by atoms with van der Waals surface area (Å²) in [4.78, 5) is 5.21. The van der Waals surface area contributed by atoms with Gasteiger partial charge in [0.05, 0.1) is 5.52 Å². The van der Waals surface area contributed by atoms with Crippen LogP contribution in [0.4, 0.5) is 0 Å². The second-order valence-electron chi connectivity index (χ2n) is 17.0. The molecule has 1 heteroatoms. The summed E-state index contributed by atoms with van der Waals surface area (Å²) in [6, 6.07) is 7.06. The van der Waals surface area contributed by atoms with Gasteiger partial charge < -0.3 is 0 Å². The van der Waals surface area contributed by atoms with Gasteiger partial charge in [0, 0.05) is 11.1 Å². The van der Waals surface area contributed by atoms with E-state index in [0.717, 1.165) is 53.8 Å². The molecule has 1 aliphatic carbocycles. The smallest absolute Gasteiger partial charge is 0.0735 e. The summed E-state index contributed by atoms with van der Waals surface area (Å²) < 4.78 is 0. The van der Waals surface area contributed by atoms with Gasteiger partial charge in [0.25, 0.3) is 0 Å². The molecule has 3 atom stereocenters. The lowest BCUT2D eigenvalue weighted by molar-refractivity contribution is 0.186. The highest BCUT2D eigenvalue weighted by Crippen LogP contribution is 2.47. The van der Waals surface area contributed by atoms with Gasteiger partial charge >= 0.3 is 0 Å². The number of fused-ring (bicyclic) bond motifs is 2. The van der Waals surface area contributed by atoms with Crippen molar-refractivity contribution in [2.75, 3.05) is 0 Å². The molecule has 0 N–H and O–H groups in total. The van der Waals surface area contributed by atoms with Crippen LogP contribution in [0.25, 0.3) is 16.5 Å². The van der Waals surface area contributed by atoms with Crippen molar-refractivity contribution in [3.63, 3.8) is 0 Å². The van der Waals surface area contributed by atoms with Crippen LogP contribution in [-0.2, 0) is 12.8 Å². The summed E-state index contributed by atoms with van der Waals surface area (Å²) in [5.41, 5.74) is 11.1. The molecule has 3 rings (SSSR count). The molecule has 1 aromatic heterocycles. The Balaban J connectivity index is 0.000000961. The Labute approximate surface area is 336 Å². The minimum absolute atomic E-state index is 0.173. The normalized spacial score (nSPS) is 17.4. The molecule has 1 aliphatic rings. The van der Waals surface area contributed by atoms with Crippen LogP contribution < -0.4 is 0 Å². The van der Waals surface area contributed by atoms with Gasteiger partial charge in [0.1, 0.15) is 0 Å². The predicted molar refractivity (Wildman–Crippen MR) is 247 cm³/mol. The third-order valence-electron chi connectivity index (χ3n) is 12.3. The molecule has 1 aromatic carbocycles. The van der Waals surface area contributed by atoms with Crippen molar-refractivity contribution in [2.45, 2.75) is 167 Å². The van der Waals surface area contributed by atoms with Crippen LogP contribution >= 0.6 is 0 Å². The van der Waals surface area contributed by atoms with Gasteiger partial charge in [0.2, 0.25) is 0 Å². The van der Waals surface area contributed by atoms with E-state index < -0.39 is 0 Å². The molecular formula is C53H83N. The number of hydrogen-bond acceptors (Lipinski definition) is 1. The van der Waals surface area contributed by atoms with E-state index in [0.29, 0.717) is 11.3 Å². The largest absolute Gasteiger partial charge is 0.252 e. The van der Waals surface area contributed by atoms with E-state index in [1.165, 1.54) is 84.7 Å². The molecule has 1 unspecified atom stereocenters. The highest BCUT2D eigenvalue weighted by molar-refractivity contribution is 5.87. The third kappa shape index (κ3) is 13.8. The van der Waals surface area contributed by atoms with Crippen LogP contribution in [0.1, 0.15) is 170 Å². The van der Waals surface area contributed by atoms with Crippen molar-refractivity contribution < 1.29 is 0 Å². The molecule has 1 nitrogen and oxygen atoms in total. The standard InChI is InChI=1S/C40H53N.C11H24.C2H6/c1-13-17-31(15-3)28(7)19-20-32(16-4)36(18-14-2)39(10,11)30(9)33-23-29(8)38-34(24-33)25-35-26-40(12,27(5)6)22-21-37(35)41-38;1-4-6-8-10-11(3)9-7-5-2;1-2/h13,15-17,19-20,23-25,27,36H,1,3-4,9,14,18,21-22,26H2,2,5-8,10-12H3;11H,4-10H2,1-3H3;1-2H3/b28-19+,31-17+,32-20+;;/t36-,40-;;/m1../s1. The number of rotatable bonds is 19. The molecule has 0 saturated carbocycles. The lowest BCUT2D eigenvalue weighted by atomic mass is 9.66. The molecular weight excluding hydrogens is 651 g/mol. The lowest BCUT2D eigenvalue weighted by Gasteiger charge is -2.38. The van der Waals surface area contributed by atoms with Gasteiger partial charge in [-0.1, -0.05) is 190 Å². The number of pyridine rings is 1. The summed E-state index contributed by atoms with van der Waals surface area (Å²) in [6.45, 7) is 46.1. The number of aromatic nitrogens is 1. The molecule has 0 bridgehead atoms. The van der Waals surface area contributed by atoms with E-state index in [1.807, 2.05) is 32.1 Å². The predicted octanol–water partition coefficient (Wildman–Crippen LogP) is 16.9. The fourth-order valence-corrected chi connectivity index (χ4v) is 7.90. The van der Waals surface area contributed by atoms with Crippen LogP contribution in [-0.4, -0.2) is 4.98 Å². The Bertz CT molecular complexity index is 1590. The molecule has 54 heavy (non-hydrogen) atoms. The maximum atomic E-state index is 5.21. The zero-order valence-corrected chi connectivity index (χ0v) is 37.7. The minimum Gasteiger partial charge on any atom is -0.252 e. The minimum atomic E-state index is -0.173. The van der Waals surface area contributed by atoms with Crippen LogP contribution in [0.2, 0.25) is 0 Å². The first-order valence-corrected chi connectivity index (χ1v) is 21.7. The second-order valence-corrected chi connectivity index (χ2v) is 17.0. The number of aryl methyl sites for hydroxylation is 2. The van der Waals surface area contributed by atoms with E-state index in [1.54, 1.807) is 6.08 Å². The summed E-state index contributed by atoms with van der Waals surface area (Å²) in [6.07, 6.45) is 27.6. The number of allylic oxidation sites excluding steroid dienone is 10. The molecule has 0 amide bonds. The third-order valence-corrected chi connectivity index (χ3v) is 12.3. The maximum Gasteiger partial charge on any atom is 0.0735 e. The highest BCUT2D eigenvalue weighted by Gasteiger charge is 2.35. The molecule has 0 aliphatic heterocycles. The molecule has 2 aromatic rings. The maximum absolute atomic E-state index is 5.21. The van der Waals surface area contributed by atoms with Crippen LogP contribution in [0.5, 0.6) is 0 Å². The van der Waals surface area contributed by atoms with E-state index >= 15 is 0 Å². The fraction of sp³-hybridized carbons (Fsp3) is 0.566. The lowest BCUT2D eigenvalue weighted by Crippen LogP contribution is -2.31. The Morgan fingerprint density at radius 3 is 2.07 bits per heavy atom. The van der Waals surface area contributed by atoms with Gasteiger partial charge in [-0.15, -0.1) is 0 Å². The van der Waals surface area contributed by atoms with Crippen molar-refractivity contribution >= 4 is 16.5 Å². The van der Waals surface area contributed by atoms with Gasteiger partial charge in [-0.25, -0.2) is 0 Å². The monoisotopic (exact) mass is 734 g/mol. The van der Waals surface area contributed by atoms with Crippen molar-refractivity contribution in [2.24, 2.45) is 28.6 Å². The first kappa shape index (κ1) is 48.8. The van der Waals surface area contributed by atoms with Gasteiger partial charge in [-0.2, -0.15) is 0 Å². The molecule has 300 valence electrons. The summed E-state index contributed by atoms with van der Waals surface area (Å²) in [5, 5.41) is 1.24. The number of nitrogens with zero attached hydrogens (tertiary/aromatic N) is 1. The summed E-state index contributed by atoms with van der Waals surface area (Å²) in [5.74, 6) is 1.91.